The van der Waals surface area contributed by atoms with E-state index in [0.717, 1.165) is 72.8 Å². The van der Waals surface area contributed by atoms with E-state index in [0.29, 0.717) is 19.3 Å². The Bertz CT molecular complexity index is 1700. The van der Waals surface area contributed by atoms with Gasteiger partial charge >= 0.3 is 0 Å². The molecule has 0 saturated carbocycles. The summed E-state index contributed by atoms with van der Waals surface area (Å²) in [6, 6.07) is 21.7. The number of carbonyl (C=O) groups excluding carboxylic acids is 2. The van der Waals surface area contributed by atoms with E-state index in [1.165, 1.54) is 11.1 Å². The molecule has 7 nitrogen and oxygen atoms in total. The Morgan fingerprint density at radius 3 is 2.29 bits per heavy atom. The zero-order chi connectivity index (χ0) is 34.7. The van der Waals surface area contributed by atoms with Gasteiger partial charge in [0.15, 0.2) is 0 Å². The normalized spacial score (nSPS) is 23.2. The van der Waals surface area contributed by atoms with Crippen LogP contribution in [0.4, 0.5) is 0 Å². The Balaban J connectivity index is 1.19. The van der Waals surface area contributed by atoms with Crippen molar-refractivity contribution in [3.8, 4) is 5.75 Å². The van der Waals surface area contributed by atoms with Crippen LogP contribution in [-0.4, -0.2) is 68.8 Å². The highest BCUT2D eigenvalue weighted by Gasteiger charge is 2.56. The second-order valence-electron chi connectivity index (χ2n) is 14.6. The topological polar surface area (TPSA) is 101 Å². The Morgan fingerprint density at radius 2 is 1.61 bits per heavy atom. The number of rotatable bonds is 12. The number of hydrogen-bond acceptors (Lipinski definition) is 6. The quantitative estimate of drug-likeness (QED) is 0.141. The SMILES string of the molecule is CCC/C(=C\c1ccc(O)c2ccccc12)CC[C@@H](O)C1=C(C(C)C)C[C@H]2C(=O)N(C3CCN(Cc4ccccc4)CC3)C(=O)[C@H]2[C@H]1CO. The molecule has 2 fully saturated rings. The predicted molar refractivity (Wildman–Crippen MR) is 194 cm³/mol. The summed E-state index contributed by atoms with van der Waals surface area (Å²) in [5.41, 5.74) is 5.28. The Labute approximate surface area is 290 Å². The molecule has 2 heterocycles. The second kappa shape index (κ2) is 15.4. The molecule has 0 bridgehead atoms. The number of carbonyl (C=O) groups is 2. The second-order valence-corrected chi connectivity index (χ2v) is 14.6. The molecule has 3 aromatic rings. The first-order valence-corrected chi connectivity index (χ1v) is 18.3. The van der Waals surface area contributed by atoms with Crippen molar-refractivity contribution in [1.82, 2.24) is 9.80 Å². The third-order valence-corrected chi connectivity index (χ3v) is 11.2. The van der Waals surface area contributed by atoms with Gasteiger partial charge in [-0.1, -0.05) is 105 Å². The molecule has 49 heavy (non-hydrogen) atoms. The number of amides is 2. The first-order chi connectivity index (χ1) is 23.7. The highest BCUT2D eigenvalue weighted by molar-refractivity contribution is 6.06. The summed E-state index contributed by atoms with van der Waals surface area (Å²) in [4.78, 5) is 32.1. The van der Waals surface area contributed by atoms with Gasteiger partial charge in [0.25, 0.3) is 0 Å². The van der Waals surface area contributed by atoms with Crippen LogP contribution < -0.4 is 0 Å². The van der Waals surface area contributed by atoms with Gasteiger partial charge in [-0.3, -0.25) is 19.4 Å². The van der Waals surface area contributed by atoms with Crippen molar-refractivity contribution >= 4 is 28.7 Å². The molecule has 0 radical (unpaired) electrons. The highest BCUT2D eigenvalue weighted by atomic mass is 16.3. The number of hydrogen-bond donors (Lipinski definition) is 3. The highest BCUT2D eigenvalue weighted by Crippen LogP contribution is 2.49. The van der Waals surface area contributed by atoms with Crippen molar-refractivity contribution in [3.63, 3.8) is 0 Å². The summed E-state index contributed by atoms with van der Waals surface area (Å²) in [5, 5.41) is 34.9. The van der Waals surface area contributed by atoms with Crippen LogP contribution in [0.3, 0.4) is 0 Å². The molecule has 0 spiro atoms. The van der Waals surface area contributed by atoms with Crippen LogP contribution in [0.2, 0.25) is 0 Å². The van der Waals surface area contributed by atoms with Gasteiger partial charge < -0.3 is 15.3 Å². The van der Waals surface area contributed by atoms with Crippen LogP contribution in [0, 0.1) is 23.7 Å². The number of likely N-dealkylation sites (tertiary alicyclic amines) is 2. The van der Waals surface area contributed by atoms with E-state index in [2.05, 4.69) is 43.9 Å². The summed E-state index contributed by atoms with van der Waals surface area (Å²) in [5.74, 6) is -1.65. The summed E-state index contributed by atoms with van der Waals surface area (Å²) in [6.45, 7) is 8.53. The fraction of sp³-hybridized carbons (Fsp3) is 0.476. The predicted octanol–water partition coefficient (Wildman–Crippen LogP) is 7.10. The third-order valence-electron chi connectivity index (χ3n) is 11.2. The van der Waals surface area contributed by atoms with Crippen LogP contribution in [0.15, 0.2) is 83.4 Å². The van der Waals surface area contributed by atoms with E-state index >= 15 is 0 Å². The van der Waals surface area contributed by atoms with Gasteiger partial charge in [0.2, 0.25) is 11.8 Å². The number of nitrogens with zero attached hydrogens (tertiary/aromatic N) is 2. The number of piperidine rings is 1. The third kappa shape index (κ3) is 7.26. The maximum Gasteiger partial charge on any atom is 0.234 e. The molecule has 3 aromatic carbocycles. The number of aliphatic hydroxyl groups is 2. The minimum absolute atomic E-state index is 0.0758. The van der Waals surface area contributed by atoms with Crippen molar-refractivity contribution in [2.45, 2.75) is 84.4 Å². The van der Waals surface area contributed by atoms with E-state index in [9.17, 15) is 24.9 Å². The molecule has 0 aromatic heterocycles. The molecule has 2 aliphatic heterocycles. The van der Waals surface area contributed by atoms with Crippen molar-refractivity contribution in [3.05, 3.63) is 94.6 Å². The fourth-order valence-corrected chi connectivity index (χ4v) is 8.73. The van der Waals surface area contributed by atoms with Gasteiger partial charge in [-0.05, 0) is 72.6 Å². The number of phenols is 1. The number of aliphatic hydroxyl groups excluding tert-OH is 2. The number of phenolic OH excluding ortho intramolecular Hbond substituents is 1. The van der Waals surface area contributed by atoms with E-state index in [4.69, 9.17) is 0 Å². The van der Waals surface area contributed by atoms with Gasteiger partial charge in [-0.2, -0.15) is 0 Å². The first kappa shape index (κ1) is 35.1. The minimum Gasteiger partial charge on any atom is -0.507 e. The smallest absolute Gasteiger partial charge is 0.234 e. The van der Waals surface area contributed by atoms with Crippen LogP contribution >= 0.6 is 0 Å². The summed E-state index contributed by atoms with van der Waals surface area (Å²) in [6.07, 6.45) is 6.25. The lowest BCUT2D eigenvalue weighted by Crippen LogP contribution is -2.47. The van der Waals surface area contributed by atoms with Crippen LogP contribution in [0.25, 0.3) is 16.8 Å². The first-order valence-electron chi connectivity index (χ1n) is 18.3. The summed E-state index contributed by atoms with van der Waals surface area (Å²) < 4.78 is 0. The van der Waals surface area contributed by atoms with Crippen molar-refractivity contribution in [2.24, 2.45) is 23.7 Å². The Hall–Kier alpha value is -3.78. The fourth-order valence-electron chi connectivity index (χ4n) is 8.73. The van der Waals surface area contributed by atoms with Crippen LogP contribution in [0.5, 0.6) is 5.75 Å². The van der Waals surface area contributed by atoms with Gasteiger partial charge in [0.1, 0.15) is 5.75 Å². The molecule has 7 heteroatoms. The molecule has 0 unspecified atom stereocenters. The average Bonchev–Trinajstić information content (AvgIpc) is 3.36. The molecule has 3 N–H and O–H groups in total. The molecular weight excluding hydrogens is 612 g/mol. The summed E-state index contributed by atoms with van der Waals surface area (Å²) >= 11 is 0. The zero-order valence-corrected chi connectivity index (χ0v) is 29.2. The van der Waals surface area contributed by atoms with Crippen molar-refractivity contribution in [2.75, 3.05) is 19.7 Å². The van der Waals surface area contributed by atoms with Crippen molar-refractivity contribution in [1.29, 1.82) is 0 Å². The molecule has 3 aliphatic rings. The van der Waals surface area contributed by atoms with E-state index in [1.54, 1.807) is 11.0 Å². The number of allylic oxidation sites excluding steroid dienone is 2. The monoisotopic (exact) mass is 664 g/mol. The number of imide groups is 1. The lowest BCUT2D eigenvalue weighted by atomic mass is 9.66. The van der Waals surface area contributed by atoms with E-state index < -0.39 is 23.9 Å². The molecule has 4 atom stereocenters. The number of benzene rings is 3. The molecule has 1 aliphatic carbocycles. The molecule has 2 amide bonds. The molecular formula is C42H52N2O5. The van der Waals surface area contributed by atoms with Gasteiger partial charge in [0, 0.05) is 37.0 Å². The lowest BCUT2D eigenvalue weighted by molar-refractivity contribution is -0.144. The zero-order valence-electron chi connectivity index (χ0n) is 29.2. The standard InChI is InChI=1S/C42H52N2O5/c1-4-10-28(23-30-16-18-37(46)33-14-9-8-13-32(30)33)15-17-38(47)39-34(27(2)3)24-35-40(36(39)26-45)42(49)44(41(35)48)31-19-21-43(22-20-31)25-29-11-6-5-7-12-29/h5-9,11-14,16,18,23,27,31,35-36,38,40,45-47H,4,10,15,17,19-22,24-26H2,1-3H3/b28-23+/t35-,36+,38-,40-/m1/s1. The maximum absolute atomic E-state index is 14.2. The Morgan fingerprint density at radius 1 is 0.918 bits per heavy atom. The lowest BCUT2D eigenvalue weighted by Gasteiger charge is -2.38. The molecule has 2 saturated heterocycles. The average molecular weight is 665 g/mol. The van der Waals surface area contributed by atoms with Crippen molar-refractivity contribution < 1.29 is 24.9 Å². The van der Waals surface area contributed by atoms with Crippen LogP contribution in [0.1, 0.15) is 76.8 Å². The van der Waals surface area contributed by atoms with E-state index in [-0.39, 0.29) is 36.1 Å². The molecule has 260 valence electrons. The van der Waals surface area contributed by atoms with Gasteiger partial charge in [-0.25, -0.2) is 0 Å². The number of fused-ring (bicyclic) bond motifs is 2. The molecule has 6 rings (SSSR count). The van der Waals surface area contributed by atoms with Gasteiger partial charge in [0.05, 0.1) is 24.5 Å². The minimum atomic E-state index is -0.828. The number of aromatic hydroxyl groups is 1. The summed E-state index contributed by atoms with van der Waals surface area (Å²) in [7, 11) is 0. The van der Waals surface area contributed by atoms with Gasteiger partial charge in [-0.15, -0.1) is 0 Å². The largest absolute Gasteiger partial charge is 0.507 e. The Kier molecular flexibility index (Phi) is 11.0. The maximum atomic E-state index is 14.2. The van der Waals surface area contributed by atoms with Crippen LogP contribution in [-0.2, 0) is 16.1 Å². The van der Waals surface area contributed by atoms with E-state index in [1.807, 2.05) is 48.5 Å².